The van der Waals surface area contributed by atoms with Crippen LogP contribution in [0.15, 0.2) is 78.9 Å². The lowest BCUT2D eigenvalue weighted by Crippen LogP contribution is -2.15. The van der Waals surface area contributed by atoms with E-state index in [0.717, 1.165) is 43.4 Å². The van der Waals surface area contributed by atoms with Crippen molar-refractivity contribution >= 4 is 24.0 Å². The third-order valence-corrected chi connectivity index (χ3v) is 7.44. The number of esters is 3. The Balaban J connectivity index is 1.39. The van der Waals surface area contributed by atoms with Gasteiger partial charge in [0.15, 0.2) is 0 Å². The molecule has 0 radical (unpaired) electrons. The number of hydrogen-bond donors (Lipinski definition) is 0. The molecule has 3 aromatic carbocycles. The second-order valence-electron chi connectivity index (χ2n) is 11.4. The lowest BCUT2D eigenvalue weighted by molar-refractivity contribution is -0.128. The summed E-state index contributed by atoms with van der Waals surface area (Å²) < 4.78 is 22.1. The van der Waals surface area contributed by atoms with Crippen LogP contribution in [0, 0.1) is 0 Å². The highest BCUT2D eigenvalue weighted by molar-refractivity contribution is 5.92. The fourth-order valence-corrected chi connectivity index (χ4v) is 4.71. The monoisotopic (exact) mass is 628 g/mol. The molecule has 0 amide bonds. The lowest BCUT2D eigenvalue weighted by atomic mass is 10.1. The third kappa shape index (κ3) is 13.7. The highest BCUT2D eigenvalue weighted by atomic mass is 16.5. The highest BCUT2D eigenvalue weighted by Crippen LogP contribution is 2.19. The van der Waals surface area contributed by atoms with E-state index in [-0.39, 0.29) is 11.7 Å². The van der Waals surface area contributed by atoms with Crippen LogP contribution in [0.3, 0.4) is 0 Å². The average molecular weight is 629 g/mol. The first-order valence-electron chi connectivity index (χ1n) is 16.6. The van der Waals surface area contributed by atoms with Crippen LogP contribution in [-0.2, 0) is 9.53 Å². The van der Waals surface area contributed by atoms with Crippen molar-refractivity contribution in [2.75, 3.05) is 6.61 Å². The minimum atomic E-state index is -0.576. The quantitative estimate of drug-likeness (QED) is 0.0533. The van der Waals surface area contributed by atoms with Gasteiger partial charge in [-0.3, -0.25) is 0 Å². The molecular formula is C39H48O7. The van der Waals surface area contributed by atoms with E-state index in [1.165, 1.54) is 68.9 Å². The van der Waals surface area contributed by atoms with Crippen molar-refractivity contribution in [1.29, 1.82) is 0 Å². The first kappa shape index (κ1) is 36.1. The zero-order valence-electron chi connectivity index (χ0n) is 27.5. The van der Waals surface area contributed by atoms with Crippen LogP contribution in [-0.4, -0.2) is 30.6 Å². The summed E-state index contributed by atoms with van der Waals surface area (Å²) in [5, 5.41) is 0. The molecule has 0 saturated carbocycles. The van der Waals surface area contributed by atoms with Gasteiger partial charge in [-0.25, -0.2) is 14.4 Å². The molecule has 0 bridgehead atoms. The van der Waals surface area contributed by atoms with Gasteiger partial charge in [-0.05, 0) is 98.5 Å². The molecule has 246 valence electrons. The molecular weight excluding hydrogens is 580 g/mol. The number of carbonyl (C=O) groups is 3. The SMILES string of the molecule is CCCCCCCCOc1ccc(/C=C/C(=O)Oc2ccc(C(=O)Oc3ccc(C(=O)O[C@@H](C)CCCCCC)cc3)cc2)cc1. The van der Waals surface area contributed by atoms with E-state index in [1.807, 2.05) is 31.2 Å². The standard InChI is InChI=1S/C39H48O7/c1-4-6-8-10-11-13-29-43-34-22-15-31(16-23-34)17-28-37(40)45-35-24-18-33(19-25-35)39(42)46-36-26-20-32(21-27-36)38(41)44-30(3)14-12-9-7-5-2/h15-28,30H,4-14,29H2,1-3H3/b28-17+/t30-/m0/s1. The second-order valence-corrected chi connectivity index (χ2v) is 11.4. The first-order valence-corrected chi connectivity index (χ1v) is 16.6. The predicted molar refractivity (Wildman–Crippen MR) is 181 cm³/mol. The minimum Gasteiger partial charge on any atom is -0.494 e. The summed E-state index contributed by atoms with van der Waals surface area (Å²) in [6.45, 7) is 6.98. The maximum absolute atomic E-state index is 12.6. The predicted octanol–water partition coefficient (Wildman–Crippen LogP) is 9.78. The normalized spacial score (nSPS) is 11.6. The summed E-state index contributed by atoms with van der Waals surface area (Å²) in [6, 6.07) is 19.9. The van der Waals surface area contributed by atoms with Gasteiger partial charge in [-0.15, -0.1) is 0 Å². The van der Waals surface area contributed by atoms with Gasteiger partial charge in [-0.2, -0.15) is 0 Å². The van der Waals surface area contributed by atoms with Crippen LogP contribution in [0.25, 0.3) is 6.08 Å². The van der Waals surface area contributed by atoms with Gasteiger partial charge in [0.1, 0.15) is 17.2 Å². The van der Waals surface area contributed by atoms with Crippen LogP contribution < -0.4 is 14.2 Å². The zero-order valence-corrected chi connectivity index (χ0v) is 27.5. The Hall–Kier alpha value is -4.39. The second kappa shape index (κ2) is 20.6. The summed E-state index contributed by atoms with van der Waals surface area (Å²) in [6.07, 6.45) is 15.5. The fraction of sp³-hybridized carbons (Fsp3) is 0.410. The Morgan fingerprint density at radius 1 is 0.609 bits per heavy atom. The smallest absolute Gasteiger partial charge is 0.343 e. The Morgan fingerprint density at radius 2 is 1.13 bits per heavy atom. The number of rotatable bonds is 20. The van der Waals surface area contributed by atoms with Crippen molar-refractivity contribution in [3.05, 3.63) is 95.6 Å². The van der Waals surface area contributed by atoms with E-state index in [1.54, 1.807) is 30.3 Å². The molecule has 0 aliphatic carbocycles. The Labute approximate surface area is 273 Å². The molecule has 7 nitrogen and oxygen atoms in total. The molecule has 0 heterocycles. The highest BCUT2D eigenvalue weighted by Gasteiger charge is 2.14. The molecule has 0 spiro atoms. The fourth-order valence-electron chi connectivity index (χ4n) is 4.71. The van der Waals surface area contributed by atoms with Crippen LogP contribution in [0.1, 0.15) is 118 Å². The van der Waals surface area contributed by atoms with Crippen molar-refractivity contribution < 1.29 is 33.3 Å². The first-order chi connectivity index (χ1) is 22.4. The van der Waals surface area contributed by atoms with E-state index >= 15 is 0 Å². The van der Waals surface area contributed by atoms with Gasteiger partial charge in [0.25, 0.3) is 0 Å². The maximum Gasteiger partial charge on any atom is 0.343 e. The van der Waals surface area contributed by atoms with Gasteiger partial charge in [-0.1, -0.05) is 77.3 Å². The van der Waals surface area contributed by atoms with E-state index in [2.05, 4.69) is 13.8 Å². The van der Waals surface area contributed by atoms with E-state index in [4.69, 9.17) is 18.9 Å². The number of carbonyl (C=O) groups excluding carboxylic acids is 3. The summed E-state index contributed by atoms with van der Waals surface area (Å²) in [4.78, 5) is 37.4. The summed E-state index contributed by atoms with van der Waals surface area (Å²) in [5.41, 5.74) is 1.53. The van der Waals surface area contributed by atoms with Gasteiger partial charge in [0, 0.05) is 6.08 Å². The molecule has 0 saturated heterocycles. The van der Waals surface area contributed by atoms with Crippen LogP contribution in [0.2, 0.25) is 0 Å². The summed E-state index contributed by atoms with van der Waals surface area (Å²) >= 11 is 0. The molecule has 0 aromatic heterocycles. The maximum atomic E-state index is 12.6. The Morgan fingerprint density at radius 3 is 1.76 bits per heavy atom. The molecule has 0 aliphatic heterocycles. The van der Waals surface area contributed by atoms with Crippen LogP contribution in [0.5, 0.6) is 17.2 Å². The van der Waals surface area contributed by atoms with Gasteiger partial charge < -0.3 is 18.9 Å². The van der Waals surface area contributed by atoms with Gasteiger partial charge in [0.2, 0.25) is 0 Å². The van der Waals surface area contributed by atoms with Crippen molar-refractivity contribution in [2.45, 2.75) is 97.5 Å². The third-order valence-electron chi connectivity index (χ3n) is 7.44. The zero-order chi connectivity index (χ0) is 33.0. The summed E-state index contributed by atoms with van der Waals surface area (Å²) in [7, 11) is 0. The van der Waals surface area contributed by atoms with Crippen LogP contribution >= 0.6 is 0 Å². The molecule has 3 rings (SSSR count). The molecule has 0 aliphatic rings. The number of hydrogen-bond acceptors (Lipinski definition) is 7. The van der Waals surface area contributed by atoms with Crippen molar-refractivity contribution in [1.82, 2.24) is 0 Å². The molecule has 0 fully saturated rings. The van der Waals surface area contributed by atoms with E-state index in [9.17, 15) is 14.4 Å². The lowest BCUT2D eigenvalue weighted by Gasteiger charge is -2.13. The molecule has 46 heavy (non-hydrogen) atoms. The van der Waals surface area contributed by atoms with Crippen molar-refractivity contribution in [3.8, 4) is 17.2 Å². The molecule has 3 aromatic rings. The van der Waals surface area contributed by atoms with Gasteiger partial charge >= 0.3 is 17.9 Å². The Kier molecular flexibility index (Phi) is 16.2. The largest absolute Gasteiger partial charge is 0.494 e. The van der Waals surface area contributed by atoms with Crippen molar-refractivity contribution in [2.24, 2.45) is 0 Å². The van der Waals surface area contributed by atoms with E-state index < -0.39 is 17.9 Å². The topological polar surface area (TPSA) is 88.1 Å². The molecule has 0 unspecified atom stereocenters. The number of unbranched alkanes of at least 4 members (excludes halogenated alkanes) is 8. The van der Waals surface area contributed by atoms with Crippen molar-refractivity contribution in [3.63, 3.8) is 0 Å². The Bertz CT molecular complexity index is 1360. The molecule has 7 heteroatoms. The van der Waals surface area contributed by atoms with Crippen LogP contribution in [0.4, 0.5) is 0 Å². The van der Waals surface area contributed by atoms with Gasteiger partial charge in [0.05, 0.1) is 23.8 Å². The van der Waals surface area contributed by atoms with E-state index in [0.29, 0.717) is 23.7 Å². The number of ether oxygens (including phenoxy) is 4. The number of benzene rings is 3. The minimum absolute atomic E-state index is 0.155. The molecule has 1 atom stereocenters. The average Bonchev–Trinajstić information content (AvgIpc) is 3.06. The summed E-state index contributed by atoms with van der Waals surface area (Å²) in [5.74, 6) is -0.111. The molecule has 0 N–H and O–H groups in total.